The lowest BCUT2D eigenvalue weighted by molar-refractivity contribution is -0.147. The molecule has 1 aromatic heterocycles. The minimum Gasteiger partial charge on any atom is -0.481 e. The minimum atomic E-state index is -0.667. The lowest BCUT2D eigenvalue weighted by Crippen LogP contribution is -2.40. The summed E-state index contributed by atoms with van der Waals surface area (Å²) in [6, 6.07) is 8.26. The van der Waals surface area contributed by atoms with Crippen LogP contribution in [0.2, 0.25) is 0 Å². The van der Waals surface area contributed by atoms with E-state index in [0.29, 0.717) is 19.8 Å². The third kappa shape index (κ3) is 3.15. The Morgan fingerprint density at radius 2 is 2.19 bits per heavy atom. The fourth-order valence-electron chi connectivity index (χ4n) is 4.48. The van der Waals surface area contributed by atoms with Gasteiger partial charge in [-0.05, 0) is 49.1 Å². The fraction of sp³-hybridized carbons (Fsp3) is 0.500. The highest BCUT2D eigenvalue weighted by atomic mass is 16.5. The van der Waals surface area contributed by atoms with Crippen molar-refractivity contribution in [3.05, 3.63) is 47.8 Å². The Kier molecular flexibility index (Phi) is 4.54. The molecule has 26 heavy (non-hydrogen) atoms. The van der Waals surface area contributed by atoms with Gasteiger partial charge in [0.25, 0.3) is 0 Å². The van der Waals surface area contributed by atoms with Gasteiger partial charge in [-0.15, -0.1) is 0 Å². The highest BCUT2D eigenvalue weighted by Crippen LogP contribution is 2.44. The average Bonchev–Trinajstić information content (AvgIpc) is 3.26. The van der Waals surface area contributed by atoms with Gasteiger partial charge in [0.15, 0.2) is 0 Å². The predicted molar refractivity (Wildman–Crippen MR) is 97.2 cm³/mol. The summed E-state index contributed by atoms with van der Waals surface area (Å²) in [5.41, 5.74) is 3.36. The number of benzene rings is 1. The van der Waals surface area contributed by atoms with Gasteiger partial charge in [0.2, 0.25) is 0 Å². The molecule has 0 saturated carbocycles. The first-order valence-corrected chi connectivity index (χ1v) is 9.20. The number of likely N-dealkylation sites (tertiary alicyclic amines) is 1. The molecule has 0 amide bonds. The van der Waals surface area contributed by atoms with E-state index in [9.17, 15) is 9.90 Å². The Morgan fingerprint density at radius 1 is 1.38 bits per heavy atom. The lowest BCUT2D eigenvalue weighted by atomic mass is 9.72. The molecule has 0 bridgehead atoms. The van der Waals surface area contributed by atoms with E-state index in [1.54, 1.807) is 6.20 Å². The van der Waals surface area contributed by atoms with Crippen molar-refractivity contribution in [2.75, 3.05) is 26.3 Å². The molecular weight excluding hydrogens is 330 g/mol. The normalized spacial score (nSPS) is 22.7. The first kappa shape index (κ1) is 17.2. The van der Waals surface area contributed by atoms with Crippen molar-refractivity contribution in [2.45, 2.75) is 26.3 Å². The Labute approximate surface area is 153 Å². The number of rotatable bonds is 4. The van der Waals surface area contributed by atoms with Crippen LogP contribution in [-0.2, 0) is 16.1 Å². The summed E-state index contributed by atoms with van der Waals surface area (Å²) in [7, 11) is 0. The summed E-state index contributed by atoms with van der Waals surface area (Å²) < 4.78 is 7.34. The molecular formula is C20H25N3O3. The van der Waals surface area contributed by atoms with Crippen molar-refractivity contribution in [3.8, 4) is 5.69 Å². The molecule has 6 heteroatoms. The number of hydrogen-bond donors (Lipinski definition) is 1. The van der Waals surface area contributed by atoms with Crippen molar-refractivity contribution in [1.29, 1.82) is 0 Å². The molecule has 138 valence electrons. The third-order valence-corrected chi connectivity index (χ3v) is 5.99. The van der Waals surface area contributed by atoms with Crippen LogP contribution in [0.25, 0.3) is 5.69 Å². The van der Waals surface area contributed by atoms with Crippen LogP contribution < -0.4 is 0 Å². The van der Waals surface area contributed by atoms with Gasteiger partial charge in [0.05, 0.1) is 11.6 Å². The Morgan fingerprint density at radius 3 is 2.85 bits per heavy atom. The molecule has 6 nitrogen and oxygen atoms in total. The first-order chi connectivity index (χ1) is 12.6. The van der Waals surface area contributed by atoms with Crippen LogP contribution in [0.4, 0.5) is 0 Å². The Hall–Kier alpha value is -2.18. The quantitative estimate of drug-likeness (QED) is 0.913. The number of nitrogens with zero attached hydrogens (tertiary/aromatic N) is 3. The maximum atomic E-state index is 11.8. The van der Waals surface area contributed by atoms with Crippen molar-refractivity contribution in [1.82, 2.24) is 14.7 Å². The van der Waals surface area contributed by atoms with Gasteiger partial charge < -0.3 is 9.84 Å². The molecule has 1 spiro atoms. The van der Waals surface area contributed by atoms with Crippen LogP contribution in [0.3, 0.4) is 0 Å². The highest BCUT2D eigenvalue weighted by Gasteiger charge is 2.50. The number of carboxylic acids is 1. The SMILES string of the molecule is Cc1cc(-n2cccn2)ccc1CN1CC(C(=O)O)C2(CCOCC2)C1. The van der Waals surface area contributed by atoms with Crippen LogP contribution in [0, 0.1) is 18.3 Å². The second-order valence-electron chi connectivity index (χ2n) is 7.60. The molecule has 1 aromatic carbocycles. The number of aromatic nitrogens is 2. The van der Waals surface area contributed by atoms with Gasteiger partial charge in [0, 0.05) is 50.7 Å². The topological polar surface area (TPSA) is 67.6 Å². The summed E-state index contributed by atoms with van der Waals surface area (Å²) in [6.45, 7) is 5.71. The average molecular weight is 355 g/mol. The number of carbonyl (C=O) groups is 1. The van der Waals surface area contributed by atoms with Crippen LogP contribution in [0.15, 0.2) is 36.7 Å². The molecule has 2 saturated heterocycles. The molecule has 0 radical (unpaired) electrons. The summed E-state index contributed by atoms with van der Waals surface area (Å²) >= 11 is 0. The van der Waals surface area contributed by atoms with Gasteiger partial charge in [-0.1, -0.05) is 6.07 Å². The zero-order chi connectivity index (χ0) is 18.1. The zero-order valence-electron chi connectivity index (χ0n) is 15.1. The minimum absolute atomic E-state index is 0.132. The molecule has 3 heterocycles. The molecule has 1 atom stereocenters. The monoisotopic (exact) mass is 355 g/mol. The van der Waals surface area contributed by atoms with Crippen LogP contribution >= 0.6 is 0 Å². The largest absolute Gasteiger partial charge is 0.481 e. The smallest absolute Gasteiger partial charge is 0.308 e. The Bertz CT molecular complexity index is 782. The van der Waals surface area contributed by atoms with Crippen LogP contribution in [0.5, 0.6) is 0 Å². The van der Waals surface area contributed by atoms with Crippen LogP contribution in [-0.4, -0.2) is 52.1 Å². The number of hydrogen-bond acceptors (Lipinski definition) is 4. The van der Waals surface area contributed by atoms with Crippen molar-refractivity contribution in [3.63, 3.8) is 0 Å². The maximum Gasteiger partial charge on any atom is 0.308 e. The zero-order valence-corrected chi connectivity index (χ0v) is 15.1. The van der Waals surface area contributed by atoms with Gasteiger partial charge >= 0.3 is 5.97 Å². The van der Waals surface area contributed by atoms with E-state index in [-0.39, 0.29) is 11.3 Å². The summed E-state index contributed by atoms with van der Waals surface area (Å²) in [5, 5.41) is 14.0. The van der Waals surface area contributed by atoms with Crippen molar-refractivity contribution >= 4 is 5.97 Å². The second kappa shape index (κ2) is 6.85. The third-order valence-electron chi connectivity index (χ3n) is 5.99. The second-order valence-corrected chi connectivity index (χ2v) is 7.60. The van der Waals surface area contributed by atoms with Gasteiger partial charge in [-0.3, -0.25) is 9.69 Å². The number of carboxylic acid groups (broad SMARTS) is 1. The first-order valence-electron chi connectivity index (χ1n) is 9.20. The lowest BCUT2D eigenvalue weighted by Gasteiger charge is -2.36. The Balaban J connectivity index is 1.51. The van der Waals surface area contributed by atoms with Gasteiger partial charge in [-0.2, -0.15) is 5.10 Å². The van der Waals surface area contributed by atoms with E-state index in [1.165, 1.54) is 11.1 Å². The van der Waals surface area contributed by atoms with Gasteiger partial charge in [0.1, 0.15) is 0 Å². The molecule has 1 unspecified atom stereocenters. The molecule has 2 aliphatic heterocycles. The molecule has 2 aliphatic rings. The molecule has 4 rings (SSSR count). The van der Waals surface area contributed by atoms with E-state index in [4.69, 9.17) is 4.74 Å². The fourth-order valence-corrected chi connectivity index (χ4v) is 4.48. The standard InChI is InChI=1S/C20H25N3O3/c1-15-11-17(23-8-2-7-21-23)4-3-16(15)12-22-13-18(19(24)25)20(14-22)5-9-26-10-6-20/h2-4,7-8,11,18H,5-6,9-10,12-14H2,1H3,(H,24,25). The molecule has 2 aromatic rings. The molecule has 2 fully saturated rings. The van der Waals surface area contributed by atoms with E-state index >= 15 is 0 Å². The van der Waals surface area contributed by atoms with E-state index in [2.05, 4.69) is 35.1 Å². The predicted octanol–water partition coefficient (Wildman–Crippen LogP) is 2.49. The summed E-state index contributed by atoms with van der Waals surface area (Å²) in [5.74, 6) is -0.963. The summed E-state index contributed by atoms with van der Waals surface area (Å²) in [4.78, 5) is 14.1. The van der Waals surface area contributed by atoms with Crippen molar-refractivity contribution < 1.29 is 14.6 Å². The number of ether oxygens (including phenoxy) is 1. The van der Waals surface area contributed by atoms with E-state index < -0.39 is 5.97 Å². The molecule has 1 N–H and O–H groups in total. The maximum absolute atomic E-state index is 11.8. The molecule has 0 aliphatic carbocycles. The van der Waals surface area contributed by atoms with Gasteiger partial charge in [-0.25, -0.2) is 4.68 Å². The number of aliphatic carboxylic acids is 1. The van der Waals surface area contributed by atoms with E-state index in [0.717, 1.165) is 31.6 Å². The summed E-state index contributed by atoms with van der Waals surface area (Å²) in [6.07, 6.45) is 5.39. The van der Waals surface area contributed by atoms with Crippen molar-refractivity contribution in [2.24, 2.45) is 11.3 Å². The van der Waals surface area contributed by atoms with E-state index in [1.807, 2.05) is 16.9 Å². The number of aryl methyl sites for hydroxylation is 1. The van der Waals surface area contributed by atoms with Crippen LogP contribution in [0.1, 0.15) is 24.0 Å². The highest BCUT2D eigenvalue weighted by molar-refractivity contribution is 5.72.